The summed E-state index contributed by atoms with van der Waals surface area (Å²) < 4.78 is 0. The Morgan fingerprint density at radius 3 is 2.21 bits per heavy atom. The van der Waals surface area contributed by atoms with Crippen molar-refractivity contribution in [2.24, 2.45) is 0 Å². The van der Waals surface area contributed by atoms with E-state index < -0.39 is 11.8 Å². The highest BCUT2D eigenvalue weighted by Crippen LogP contribution is 2.08. The summed E-state index contributed by atoms with van der Waals surface area (Å²) in [7, 11) is 0. The van der Waals surface area contributed by atoms with Gasteiger partial charge in [-0.25, -0.2) is 4.79 Å². The molecule has 14 heavy (non-hydrogen) atoms. The molecule has 1 aromatic rings. The molecular formula is C11H10O3. The van der Waals surface area contributed by atoms with Gasteiger partial charge in [-0.15, -0.1) is 0 Å². The summed E-state index contributed by atoms with van der Waals surface area (Å²) >= 11 is 0. The number of hydrogen-bond acceptors (Lipinski definition) is 2. The van der Waals surface area contributed by atoms with E-state index >= 15 is 0 Å². The lowest BCUT2D eigenvalue weighted by Crippen LogP contribution is -2.12. The second kappa shape index (κ2) is 4.37. The van der Waals surface area contributed by atoms with E-state index in [4.69, 9.17) is 5.11 Å². The van der Waals surface area contributed by atoms with Crippen LogP contribution < -0.4 is 0 Å². The van der Waals surface area contributed by atoms with E-state index in [9.17, 15) is 9.59 Å². The molecule has 0 aliphatic carbocycles. The number of Topliss-reactive ketones (excluding diaryl/α,β-unsaturated/α-hetero) is 1. The fraction of sp³-hybridized carbons (Fsp3) is 0.0909. The van der Waals surface area contributed by atoms with Crippen molar-refractivity contribution in [3.8, 4) is 0 Å². The van der Waals surface area contributed by atoms with Crippen LogP contribution in [0, 0.1) is 0 Å². The number of carbonyl (C=O) groups excluding carboxylic acids is 1. The lowest BCUT2D eigenvalue weighted by molar-refractivity contribution is -0.132. The van der Waals surface area contributed by atoms with E-state index in [1.165, 1.54) is 13.0 Å². The zero-order valence-corrected chi connectivity index (χ0v) is 7.73. The molecule has 0 aromatic heterocycles. The molecule has 0 saturated carbocycles. The number of ketones is 1. The van der Waals surface area contributed by atoms with E-state index in [1.54, 1.807) is 30.3 Å². The molecular weight excluding hydrogens is 180 g/mol. The van der Waals surface area contributed by atoms with Crippen molar-refractivity contribution in [1.82, 2.24) is 0 Å². The van der Waals surface area contributed by atoms with Crippen molar-refractivity contribution < 1.29 is 14.7 Å². The molecule has 0 radical (unpaired) electrons. The van der Waals surface area contributed by atoms with Crippen LogP contribution in [0.1, 0.15) is 17.3 Å². The van der Waals surface area contributed by atoms with Crippen LogP contribution in [0.5, 0.6) is 0 Å². The van der Waals surface area contributed by atoms with Crippen LogP contribution in [0.3, 0.4) is 0 Å². The molecule has 0 bridgehead atoms. The normalized spacial score (nSPS) is 11.1. The first-order chi connectivity index (χ1) is 6.66. The Morgan fingerprint density at radius 2 is 1.79 bits per heavy atom. The molecule has 0 spiro atoms. The smallest absolute Gasteiger partial charge is 0.339 e. The van der Waals surface area contributed by atoms with E-state index in [1.807, 2.05) is 0 Å². The van der Waals surface area contributed by atoms with Gasteiger partial charge >= 0.3 is 5.97 Å². The predicted octanol–water partition coefficient (Wildman–Crippen LogP) is 1.90. The SMILES string of the molecule is C/C=C(/C(=O)O)C(=O)c1ccccc1. The van der Waals surface area contributed by atoms with Crippen molar-refractivity contribution in [3.05, 3.63) is 47.5 Å². The average Bonchev–Trinajstić information content (AvgIpc) is 2.19. The largest absolute Gasteiger partial charge is 0.478 e. The quantitative estimate of drug-likeness (QED) is 0.343. The van der Waals surface area contributed by atoms with Crippen LogP contribution in [0.2, 0.25) is 0 Å². The lowest BCUT2D eigenvalue weighted by atomic mass is 10.0. The van der Waals surface area contributed by atoms with E-state index in [0.717, 1.165) is 0 Å². The standard InChI is InChI=1S/C11H10O3/c1-2-9(11(13)14)10(12)8-6-4-3-5-7-8/h2-7H,1H3,(H,13,14)/b9-2+. The molecule has 0 aliphatic rings. The molecule has 0 saturated heterocycles. The van der Waals surface area contributed by atoms with E-state index in [0.29, 0.717) is 5.56 Å². The van der Waals surface area contributed by atoms with Gasteiger partial charge in [0, 0.05) is 5.56 Å². The summed E-state index contributed by atoms with van der Waals surface area (Å²) in [5.41, 5.74) is 0.194. The van der Waals surface area contributed by atoms with Gasteiger partial charge in [-0.05, 0) is 6.92 Å². The summed E-state index contributed by atoms with van der Waals surface area (Å²) in [4.78, 5) is 22.2. The number of allylic oxidation sites excluding steroid dienone is 1. The van der Waals surface area contributed by atoms with Gasteiger partial charge in [0.25, 0.3) is 0 Å². The topological polar surface area (TPSA) is 54.4 Å². The van der Waals surface area contributed by atoms with Gasteiger partial charge in [0.05, 0.1) is 0 Å². The summed E-state index contributed by atoms with van der Waals surface area (Å²) in [6, 6.07) is 8.35. The number of carbonyl (C=O) groups is 2. The first-order valence-corrected chi connectivity index (χ1v) is 4.16. The third kappa shape index (κ3) is 2.07. The Kier molecular flexibility index (Phi) is 3.18. The molecule has 1 N–H and O–H groups in total. The minimum absolute atomic E-state index is 0.198. The number of hydrogen-bond donors (Lipinski definition) is 1. The highest BCUT2D eigenvalue weighted by molar-refractivity contribution is 6.23. The fourth-order valence-corrected chi connectivity index (χ4v) is 1.10. The zero-order valence-electron chi connectivity index (χ0n) is 7.73. The Bertz CT molecular complexity index is 377. The average molecular weight is 190 g/mol. The van der Waals surface area contributed by atoms with E-state index in [-0.39, 0.29) is 5.57 Å². The van der Waals surface area contributed by atoms with Crippen LogP contribution >= 0.6 is 0 Å². The van der Waals surface area contributed by atoms with Crippen LogP contribution in [0.25, 0.3) is 0 Å². The Hall–Kier alpha value is -1.90. The minimum atomic E-state index is -1.19. The first kappa shape index (κ1) is 10.2. The second-order valence-electron chi connectivity index (χ2n) is 2.70. The molecule has 72 valence electrons. The molecule has 3 heteroatoms. The number of carboxylic acids is 1. The highest BCUT2D eigenvalue weighted by Gasteiger charge is 2.17. The van der Waals surface area contributed by atoms with Gasteiger partial charge in [0.1, 0.15) is 5.57 Å². The molecule has 0 heterocycles. The Balaban J connectivity index is 3.02. The summed E-state index contributed by atoms with van der Waals surface area (Å²) in [5.74, 6) is -1.65. The maximum Gasteiger partial charge on any atom is 0.339 e. The van der Waals surface area contributed by atoms with Crippen LogP contribution in [0.4, 0.5) is 0 Å². The molecule has 0 aliphatic heterocycles. The minimum Gasteiger partial charge on any atom is -0.478 e. The molecule has 3 nitrogen and oxygen atoms in total. The van der Waals surface area contributed by atoms with Gasteiger partial charge in [0.2, 0.25) is 0 Å². The van der Waals surface area contributed by atoms with Crippen LogP contribution in [-0.4, -0.2) is 16.9 Å². The van der Waals surface area contributed by atoms with Crippen molar-refractivity contribution in [2.45, 2.75) is 6.92 Å². The third-order valence-electron chi connectivity index (χ3n) is 1.80. The second-order valence-corrected chi connectivity index (χ2v) is 2.70. The van der Waals surface area contributed by atoms with Gasteiger partial charge in [0.15, 0.2) is 5.78 Å². The van der Waals surface area contributed by atoms with Crippen LogP contribution in [-0.2, 0) is 4.79 Å². The predicted molar refractivity (Wildman–Crippen MR) is 52.2 cm³/mol. The molecule has 0 atom stereocenters. The molecule has 0 fully saturated rings. The van der Waals surface area contributed by atoms with E-state index in [2.05, 4.69) is 0 Å². The molecule has 1 rings (SSSR count). The molecule has 0 amide bonds. The van der Waals surface area contributed by atoms with Gasteiger partial charge < -0.3 is 5.11 Å². The van der Waals surface area contributed by atoms with Crippen molar-refractivity contribution in [1.29, 1.82) is 0 Å². The molecule has 1 aromatic carbocycles. The molecule has 0 unspecified atom stereocenters. The van der Waals surface area contributed by atoms with Gasteiger partial charge in [-0.3, -0.25) is 4.79 Å². The Labute approximate surface area is 81.7 Å². The fourth-order valence-electron chi connectivity index (χ4n) is 1.10. The number of rotatable bonds is 3. The zero-order chi connectivity index (χ0) is 10.6. The summed E-state index contributed by atoms with van der Waals surface area (Å²) in [5, 5.41) is 8.72. The number of aliphatic carboxylic acids is 1. The van der Waals surface area contributed by atoms with Crippen molar-refractivity contribution in [2.75, 3.05) is 0 Å². The maximum atomic E-state index is 11.6. The van der Waals surface area contributed by atoms with Gasteiger partial charge in [-0.1, -0.05) is 36.4 Å². The van der Waals surface area contributed by atoms with Crippen molar-refractivity contribution in [3.63, 3.8) is 0 Å². The first-order valence-electron chi connectivity index (χ1n) is 4.16. The lowest BCUT2D eigenvalue weighted by Gasteiger charge is -2.00. The number of benzene rings is 1. The summed E-state index contributed by atoms with van der Waals surface area (Å²) in [6.07, 6.45) is 1.30. The third-order valence-corrected chi connectivity index (χ3v) is 1.80. The monoisotopic (exact) mass is 190 g/mol. The van der Waals surface area contributed by atoms with Crippen molar-refractivity contribution >= 4 is 11.8 Å². The Morgan fingerprint density at radius 1 is 1.21 bits per heavy atom. The number of carboxylic acid groups (broad SMARTS) is 1. The highest BCUT2D eigenvalue weighted by atomic mass is 16.4. The van der Waals surface area contributed by atoms with Crippen LogP contribution in [0.15, 0.2) is 42.0 Å². The van der Waals surface area contributed by atoms with Gasteiger partial charge in [-0.2, -0.15) is 0 Å². The maximum absolute atomic E-state index is 11.6. The summed E-state index contributed by atoms with van der Waals surface area (Å²) in [6.45, 7) is 1.53.